The van der Waals surface area contributed by atoms with Crippen LogP contribution >= 0.6 is 24.2 Å². The second-order valence-corrected chi connectivity index (χ2v) is 7.60. The van der Waals surface area contributed by atoms with Crippen LogP contribution in [0, 0.1) is 23.3 Å². The van der Waals surface area contributed by atoms with E-state index in [9.17, 15) is 27.2 Å². The zero-order valence-electron chi connectivity index (χ0n) is 15.8. The minimum absolute atomic E-state index is 0.0813. The smallest absolute Gasteiger partial charge is 0.344 e. The Morgan fingerprint density at radius 1 is 1.16 bits per heavy atom. The van der Waals surface area contributed by atoms with Crippen LogP contribution in [0.25, 0.3) is 10.2 Å². The summed E-state index contributed by atoms with van der Waals surface area (Å²) in [7, 11) is 0. The molecule has 0 atom stereocenters. The van der Waals surface area contributed by atoms with E-state index in [1.165, 1.54) is 0 Å². The molecule has 0 bridgehead atoms. The van der Waals surface area contributed by atoms with Gasteiger partial charge in [-0.2, -0.15) is 0 Å². The molecule has 2 aromatic carbocycles. The number of hydrogen-bond donors (Lipinski definition) is 1. The van der Waals surface area contributed by atoms with Crippen LogP contribution in [0.1, 0.15) is 22.3 Å². The maximum atomic E-state index is 13.9. The van der Waals surface area contributed by atoms with Crippen LogP contribution in [0.2, 0.25) is 0 Å². The van der Waals surface area contributed by atoms with Gasteiger partial charge in [0.05, 0.1) is 23.4 Å². The highest BCUT2D eigenvalue weighted by Gasteiger charge is 2.23. The van der Waals surface area contributed by atoms with E-state index in [4.69, 9.17) is 9.47 Å². The van der Waals surface area contributed by atoms with Gasteiger partial charge in [-0.05, 0) is 19.1 Å². The number of aromatic nitrogens is 1. The number of halogens is 4. The largest absolute Gasteiger partial charge is 0.481 e. The third-order valence-corrected chi connectivity index (χ3v) is 5.28. The molecule has 1 amide bonds. The second kappa shape index (κ2) is 9.52. The number of carbonyl (C=O) groups is 2. The molecule has 3 rings (SSSR count). The van der Waals surface area contributed by atoms with Crippen molar-refractivity contribution < 1.29 is 36.6 Å². The number of esters is 1. The van der Waals surface area contributed by atoms with Crippen molar-refractivity contribution in [1.82, 2.24) is 9.29 Å². The fourth-order valence-electron chi connectivity index (χ4n) is 2.57. The molecule has 0 aliphatic rings. The standard InChI is InChI=1S/C19H14F4N2O4S2/c1-2-28-15(26)8-29-13-5-9(20)3-4-10(13)19(27)25(30)7-14-24-17-16(23)11(21)6-12(22)18(17)31-14/h3-6,30H,2,7-8H2,1H3. The maximum Gasteiger partial charge on any atom is 0.344 e. The number of thiazole rings is 1. The molecule has 0 radical (unpaired) electrons. The van der Waals surface area contributed by atoms with Gasteiger partial charge in [0.15, 0.2) is 18.2 Å². The van der Waals surface area contributed by atoms with Crippen LogP contribution in [0.15, 0.2) is 24.3 Å². The SMILES string of the molecule is CCOC(=O)COc1cc(F)ccc1C(=O)N(S)Cc1nc2c(F)c(F)cc(F)c2s1. The maximum absolute atomic E-state index is 13.9. The van der Waals surface area contributed by atoms with Gasteiger partial charge in [0.2, 0.25) is 0 Å². The Hall–Kier alpha value is -2.86. The molecule has 31 heavy (non-hydrogen) atoms. The molecule has 0 saturated heterocycles. The Morgan fingerprint density at radius 3 is 2.61 bits per heavy atom. The zero-order chi connectivity index (χ0) is 22.7. The van der Waals surface area contributed by atoms with Crippen molar-refractivity contribution in [2.24, 2.45) is 0 Å². The highest BCUT2D eigenvalue weighted by atomic mass is 32.1. The summed E-state index contributed by atoms with van der Waals surface area (Å²) >= 11 is 4.79. The van der Waals surface area contributed by atoms with E-state index >= 15 is 0 Å². The van der Waals surface area contributed by atoms with Crippen molar-refractivity contribution >= 4 is 46.2 Å². The minimum atomic E-state index is -1.38. The highest BCUT2D eigenvalue weighted by Crippen LogP contribution is 2.30. The number of rotatable bonds is 7. The fourth-order valence-corrected chi connectivity index (χ4v) is 3.86. The van der Waals surface area contributed by atoms with Gasteiger partial charge in [0, 0.05) is 12.1 Å². The van der Waals surface area contributed by atoms with Crippen LogP contribution in [-0.2, 0) is 16.1 Å². The van der Waals surface area contributed by atoms with Crippen molar-refractivity contribution in [2.45, 2.75) is 13.5 Å². The molecule has 6 nitrogen and oxygen atoms in total. The number of thiol groups is 1. The number of carbonyl (C=O) groups excluding carboxylic acids is 2. The van der Waals surface area contributed by atoms with Crippen molar-refractivity contribution in [3.8, 4) is 5.75 Å². The quantitative estimate of drug-likeness (QED) is 0.240. The van der Waals surface area contributed by atoms with Crippen LogP contribution in [0.3, 0.4) is 0 Å². The van der Waals surface area contributed by atoms with Gasteiger partial charge in [-0.1, -0.05) is 12.8 Å². The first-order chi connectivity index (χ1) is 14.7. The van der Waals surface area contributed by atoms with E-state index < -0.39 is 47.3 Å². The Morgan fingerprint density at radius 2 is 1.90 bits per heavy atom. The molecule has 0 aliphatic carbocycles. The molecule has 12 heteroatoms. The van der Waals surface area contributed by atoms with Gasteiger partial charge in [-0.25, -0.2) is 27.3 Å². The first-order valence-electron chi connectivity index (χ1n) is 8.72. The lowest BCUT2D eigenvalue weighted by atomic mass is 10.2. The molecular formula is C19H14F4N2O4S2. The van der Waals surface area contributed by atoms with Gasteiger partial charge >= 0.3 is 5.97 Å². The van der Waals surface area contributed by atoms with Crippen LogP contribution in [0.5, 0.6) is 5.75 Å². The summed E-state index contributed by atoms with van der Waals surface area (Å²) in [6.45, 7) is 0.874. The average Bonchev–Trinajstić information content (AvgIpc) is 3.15. The second-order valence-electron chi connectivity index (χ2n) is 6.04. The molecule has 0 aliphatic heterocycles. The van der Waals surface area contributed by atoms with Gasteiger partial charge in [0.25, 0.3) is 5.91 Å². The van der Waals surface area contributed by atoms with Crippen LogP contribution in [0.4, 0.5) is 17.6 Å². The predicted molar refractivity (Wildman–Crippen MR) is 107 cm³/mol. The Labute approximate surface area is 182 Å². The molecular weight excluding hydrogens is 460 g/mol. The number of ether oxygens (including phenoxy) is 2. The van der Waals surface area contributed by atoms with Crippen molar-refractivity contribution in [3.63, 3.8) is 0 Å². The van der Waals surface area contributed by atoms with Gasteiger partial charge < -0.3 is 9.47 Å². The summed E-state index contributed by atoms with van der Waals surface area (Å²) in [5.74, 6) is -6.06. The van der Waals surface area contributed by atoms with E-state index in [0.717, 1.165) is 33.8 Å². The third-order valence-electron chi connectivity index (χ3n) is 3.90. The lowest BCUT2D eigenvalue weighted by Gasteiger charge is -2.17. The molecule has 3 aromatic rings. The van der Waals surface area contributed by atoms with Gasteiger partial charge in [-0.15, -0.1) is 11.3 Å². The number of nitrogens with zero attached hydrogens (tertiary/aromatic N) is 2. The average molecular weight is 474 g/mol. The molecule has 1 heterocycles. The van der Waals surface area contributed by atoms with E-state index in [2.05, 4.69) is 17.8 Å². The third kappa shape index (κ3) is 5.07. The first kappa shape index (κ1) is 22.8. The van der Waals surface area contributed by atoms with Crippen LogP contribution < -0.4 is 4.74 Å². The summed E-state index contributed by atoms with van der Waals surface area (Å²) in [4.78, 5) is 28.1. The topological polar surface area (TPSA) is 68.7 Å². The van der Waals surface area contributed by atoms with Crippen LogP contribution in [-0.4, -0.2) is 34.4 Å². The highest BCUT2D eigenvalue weighted by molar-refractivity contribution is 7.78. The lowest BCUT2D eigenvalue weighted by Crippen LogP contribution is -2.23. The summed E-state index contributed by atoms with van der Waals surface area (Å²) < 4.78 is 65.3. The number of hydrogen-bond acceptors (Lipinski definition) is 7. The molecule has 1 aromatic heterocycles. The fraction of sp³-hybridized carbons (Fsp3) is 0.211. The summed E-state index contributed by atoms with van der Waals surface area (Å²) in [5.41, 5.74) is -0.614. The predicted octanol–water partition coefficient (Wildman–Crippen LogP) is 4.28. The van der Waals surface area contributed by atoms with E-state index in [1.807, 2.05) is 0 Å². The summed E-state index contributed by atoms with van der Waals surface area (Å²) in [6.07, 6.45) is 0. The minimum Gasteiger partial charge on any atom is -0.481 e. The Kier molecular flexibility index (Phi) is 7.01. The van der Waals surface area contributed by atoms with Gasteiger partial charge in [0.1, 0.15) is 27.9 Å². The first-order valence-corrected chi connectivity index (χ1v) is 9.94. The molecule has 164 valence electrons. The molecule has 0 unspecified atom stereocenters. The molecule has 0 fully saturated rings. The lowest BCUT2D eigenvalue weighted by molar-refractivity contribution is -0.145. The molecule has 0 saturated carbocycles. The molecule has 0 spiro atoms. The van der Waals surface area contributed by atoms with E-state index in [-0.39, 0.29) is 34.2 Å². The zero-order valence-corrected chi connectivity index (χ0v) is 17.5. The van der Waals surface area contributed by atoms with Gasteiger partial charge in [-0.3, -0.25) is 9.10 Å². The number of benzene rings is 2. The normalized spacial score (nSPS) is 10.9. The van der Waals surface area contributed by atoms with Crippen molar-refractivity contribution in [3.05, 3.63) is 58.1 Å². The Bertz CT molecular complexity index is 1160. The number of fused-ring (bicyclic) bond motifs is 1. The summed E-state index contributed by atoms with van der Waals surface area (Å²) in [5, 5.41) is 0.0813. The Balaban J connectivity index is 1.82. The van der Waals surface area contributed by atoms with Crippen molar-refractivity contribution in [1.29, 1.82) is 0 Å². The monoisotopic (exact) mass is 474 g/mol. The molecule has 0 N–H and O–H groups in total. The van der Waals surface area contributed by atoms with Crippen molar-refractivity contribution in [2.75, 3.05) is 13.2 Å². The van der Waals surface area contributed by atoms with E-state index in [0.29, 0.717) is 6.07 Å². The number of amides is 1. The summed E-state index contributed by atoms with van der Waals surface area (Å²) in [6, 6.07) is 3.47. The van der Waals surface area contributed by atoms with E-state index in [1.54, 1.807) is 6.92 Å².